The first-order chi connectivity index (χ1) is 9.69. The Kier molecular flexibility index (Phi) is 4.49. The number of carbonyl (C=O) groups excluding carboxylic acids is 1. The third kappa shape index (κ3) is 3.68. The van der Waals surface area contributed by atoms with Crippen LogP contribution in [-0.2, 0) is 11.3 Å². The highest BCUT2D eigenvalue weighted by Crippen LogP contribution is 2.16. The molecule has 1 heterocycles. The summed E-state index contributed by atoms with van der Waals surface area (Å²) in [7, 11) is 1.38. The zero-order chi connectivity index (χ0) is 14.4. The molecule has 1 N–H and O–H groups in total. The number of methoxy groups -OCH3 is 1. The quantitative estimate of drug-likeness (QED) is 0.872. The van der Waals surface area contributed by atoms with E-state index in [0.717, 1.165) is 5.56 Å². The van der Waals surface area contributed by atoms with Gasteiger partial charge in [0.25, 0.3) is 0 Å². The molecule has 6 heteroatoms. The van der Waals surface area contributed by atoms with E-state index in [2.05, 4.69) is 10.3 Å². The molecular weight excluding hydrogens is 263 g/mol. The van der Waals surface area contributed by atoms with Crippen LogP contribution in [0.5, 0.6) is 5.88 Å². The van der Waals surface area contributed by atoms with Crippen LogP contribution in [-0.4, -0.2) is 18.2 Å². The summed E-state index contributed by atoms with van der Waals surface area (Å²) in [5.41, 5.74) is 0.778. The van der Waals surface area contributed by atoms with Crippen molar-refractivity contribution in [2.45, 2.75) is 6.61 Å². The number of amides is 1. The number of hydrogen-bond acceptors (Lipinski definition) is 4. The Labute approximate surface area is 115 Å². The summed E-state index contributed by atoms with van der Waals surface area (Å²) in [6, 6.07) is 12.0. The molecule has 0 saturated carbocycles. The summed E-state index contributed by atoms with van der Waals surface area (Å²) in [5, 5.41) is 2.28. The molecule has 0 saturated heterocycles. The molecule has 0 fully saturated rings. The van der Waals surface area contributed by atoms with Crippen LogP contribution in [0.25, 0.3) is 0 Å². The molecule has 0 aliphatic heterocycles. The Bertz CT molecular complexity index is 590. The Morgan fingerprint density at radius 3 is 2.65 bits per heavy atom. The van der Waals surface area contributed by atoms with Crippen LogP contribution in [0.4, 0.5) is 14.9 Å². The second-order valence-electron chi connectivity index (χ2n) is 3.88. The third-order valence-electron chi connectivity index (χ3n) is 2.48. The monoisotopic (exact) mass is 276 g/mol. The fourth-order valence-corrected chi connectivity index (χ4v) is 1.49. The average Bonchev–Trinajstić information content (AvgIpc) is 2.48. The molecule has 5 nitrogen and oxygen atoms in total. The summed E-state index contributed by atoms with van der Waals surface area (Å²) >= 11 is 0. The van der Waals surface area contributed by atoms with Gasteiger partial charge in [0.05, 0.1) is 12.8 Å². The summed E-state index contributed by atoms with van der Waals surface area (Å²) < 4.78 is 23.2. The lowest BCUT2D eigenvalue weighted by molar-refractivity contribution is 0.155. The number of aromatic nitrogens is 1. The number of nitrogens with one attached hydrogen (secondary N) is 1. The fraction of sp³-hybridized carbons (Fsp3) is 0.143. The van der Waals surface area contributed by atoms with Crippen molar-refractivity contribution in [1.29, 1.82) is 0 Å². The van der Waals surface area contributed by atoms with Crippen LogP contribution in [0.3, 0.4) is 0 Å². The predicted octanol–water partition coefficient (Wildman–Crippen LogP) is 2.98. The van der Waals surface area contributed by atoms with Gasteiger partial charge >= 0.3 is 6.09 Å². The van der Waals surface area contributed by atoms with Crippen LogP contribution < -0.4 is 10.1 Å². The second-order valence-corrected chi connectivity index (χ2v) is 3.88. The number of benzene rings is 1. The largest absolute Gasteiger partial charge is 0.481 e. The van der Waals surface area contributed by atoms with Crippen molar-refractivity contribution in [2.24, 2.45) is 0 Å². The maximum Gasteiger partial charge on any atom is 0.412 e. The number of halogens is 1. The van der Waals surface area contributed by atoms with Crippen molar-refractivity contribution in [3.63, 3.8) is 0 Å². The van der Waals surface area contributed by atoms with Gasteiger partial charge in [-0.25, -0.2) is 4.79 Å². The Hall–Kier alpha value is -2.63. The van der Waals surface area contributed by atoms with Crippen LogP contribution in [0.1, 0.15) is 5.56 Å². The Balaban J connectivity index is 1.91. The molecule has 0 unspecified atom stereocenters. The van der Waals surface area contributed by atoms with E-state index in [1.54, 1.807) is 0 Å². The zero-order valence-electron chi connectivity index (χ0n) is 10.8. The molecule has 0 radical (unpaired) electrons. The third-order valence-corrected chi connectivity index (χ3v) is 2.48. The van der Waals surface area contributed by atoms with Crippen LogP contribution in [0.15, 0.2) is 42.5 Å². The minimum absolute atomic E-state index is 0.0659. The van der Waals surface area contributed by atoms with E-state index in [0.29, 0.717) is 0 Å². The summed E-state index contributed by atoms with van der Waals surface area (Å²) in [6.45, 7) is 0.109. The van der Waals surface area contributed by atoms with Gasteiger partial charge in [0.1, 0.15) is 6.61 Å². The van der Waals surface area contributed by atoms with Crippen molar-refractivity contribution in [3.05, 3.63) is 54.0 Å². The van der Waals surface area contributed by atoms with E-state index in [4.69, 9.17) is 9.47 Å². The molecule has 2 aromatic rings. The molecule has 1 aromatic heterocycles. The van der Waals surface area contributed by atoms with Gasteiger partial charge in [-0.3, -0.25) is 5.32 Å². The van der Waals surface area contributed by atoms with E-state index in [9.17, 15) is 9.18 Å². The molecule has 20 heavy (non-hydrogen) atoms. The number of carbonyl (C=O) groups is 1. The molecular formula is C14H13FN2O3. The first kappa shape index (κ1) is 13.8. The molecule has 2 rings (SSSR count). The highest BCUT2D eigenvalue weighted by molar-refractivity contribution is 5.84. The topological polar surface area (TPSA) is 60.5 Å². The summed E-state index contributed by atoms with van der Waals surface area (Å²) in [6.07, 6.45) is -0.750. The first-order valence-corrected chi connectivity index (χ1v) is 5.87. The van der Waals surface area contributed by atoms with Gasteiger partial charge in [-0.15, -0.1) is 0 Å². The number of nitrogens with zero attached hydrogens (tertiary/aromatic N) is 1. The highest BCUT2D eigenvalue weighted by atomic mass is 19.1. The molecule has 1 amide bonds. The molecule has 1 aromatic carbocycles. The van der Waals surface area contributed by atoms with Crippen LogP contribution in [0.2, 0.25) is 0 Å². The molecule has 0 bridgehead atoms. The Morgan fingerprint density at radius 2 is 2.00 bits per heavy atom. The lowest BCUT2D eigenvalue weighted by Crippen LogP contribution is -2.15. The summed E-state index contributed by atoms with van der Waals surface area (Å²) in [4.78, 5) is 15.0. The molecule has 104 valence electrons. The van der Waals surface area contributed by atoms with Crippen LogP contribution in [0, 0.1) is 5.95 Å². The number of rotatable bonds is 4. The van der Waals surface area contributed by atoms with Crippen LogP contribution >= 0.6 is 0 Å². The van der Waals surface area contributed by atoms with Crippen molar-refractivity contribution >= 4 is 11.8 Å². The van der Waals surface area contributed by atoms with Gasteiger partial charge in [-0.2, -0.15) is 9.37 Å². The maximum absolute atomic E-state index is 13.5. The number of pyridine rings is 1. The van der Waals surface area contributed by atoms with Crippen molar-refractivity contribution < 1.29 is 18.7 Å². The van der Waals surface area contributed by atoms with Crippen molar-refractivity contribution in [1.82, 2.24) is 4.98 Å². The molecule has 0 atom stereocenters. The standard InChI is InChI=1S/C14H13FN2O3/c1-19-12-8-7-11(13(15)17-12)16-14(18)20-9-10-5-3-2-4-6-10/h2-8H,9H2,1H3,(H,16,18). The van der Waals surface area contributed by atoms with Gasteiger partial charge in [0.15, 0.2) is 0 Å². The van der Waals surface area contributed by atoms with Gasteiger partial charge < -0.3 is 9.47 Å². The minimum atomic E-state index is -0.832. The fourth-order valence-electron chi connectivity index (χ4n) is 1.49. The second kappa shape index (κ2) is 6.51. The summed E-state index contributed by atoms with van der Waals surface area (Å²) in [5.74, 6) is -0.702. The normalized spacial score (nSPS) is 9.90. The molecule has 0 aliphatic carbocycles. The van der Waals surface area contributed by atoms with Gasteiger partial charge in [0, 0.05) is 6.07 Å². The predicted molar refractivity (Wildman–Crippen MR) is 71.0 cm³/mol. The van der Waals surface area contributed by atoms with Crippen molar-refractivity contribution in [2.75, 3.05) is 12.4 Å². The average molecular weight is 276 g/mol. The van der Waals surface area contributed by atoms with Gasteiger partial charge in [0.2, 0.25) is 11.8 Å². The van der Waals surface area contributed by atoms with Crippen molar-refractivity contribution in [3.8, 4) is 5.88 Å². The highest BCUT2D eigenvalue weighted by Gasteiger charge is 2.10. The first-order valence-electron chi connectivity index (χ1n) is 5.87. The molecule has 0 spiro atoms. The lowest BCUT2D eigenvalue weighted by atomic mass is 10.2. The van der Waals surface area contributed by atoms with E-state index in [1.165, 1.54) is 19.2 Å². The minimum Gasteiger partial charge on any atom is -0.481 e. The zero-order valence-corrected chi connectivity index (χ0v) is 10.8. The maximum atomic E-state index is 13.5. The van der Waals surface area contributed by atoms with Gasteiger partial charge in [-0.05, 0) is 11.6 Å². The SMILES string of the molecule is COc1ccc(NC(=O)OCc2ccccc2)c(F)n1. The van der Waals surface area contributed by atoms with E-state index >= 15 is 0 Å². The Morgan fingerprint density at radius 1 is 1.25 bits per heavy atom. The van der Waals surface area contributed by atoms with E-state index < -0.39 is 12.0 Å². The van der Waals surface area contributed by atoms with Gasteiger partial charge in [-0.1, -0.05) is 30.3 Å². The smallest absolute Gasteiger partial charge is 0.412 e. The lowest BCUT2D eigenvalue weighted by Gasteiger charge is -2.08. The number of ether oxygens (including phenoxy) is 2. The number of hydrogen-bond donors (Lipinski definition) is 1. The van der Waals surface area contributed by atoms with E-state index in [-0.39, 0.29) is 18.2 Å². The van der Waals surface area contributed by atoms with E-state index in [1.807, 2.05) is 30.3 Å². The molecule has 0 aliphatic rings. The number of anilines is 1.